The summed E-state index contributed by atoms with van der Waals surface area (Å²) in [7, 11) is 0. The molecule has 0 aliphatic carbocycles. The fraction of sp³-hybridized carbons (Fsp3) is 0.500. The maximum absolute atomic E-state index is 12.4. The fourth-order valence-electron chi connectivity index (χ4n) is 2.87. The number of hydrogen-bond acceptors (Lipinski definition) is 3. The van der Waals surface area contributed by atoms with Gasteiger partial charge in [-0.1, -0.05) is 51.3 Å². The second-order valence-electron chi connectivity index (χ2n) is 6.00. The third kappa shape index (κ3) is 3.97. The molecule has 0 fully saturated rings. The van der Waals surface area contributed by atoms with Crippen LogP contribution in [0.2, 0.25) is 0 Å². The number of carbonyl (C=O) groups excluding carboxylic acids is 3. The van der Waals surface area contributed by atoms with Crippen molar-refractivity contribution < 1.29 is 14.4 Å². The number of fused-ring (bicyclic) bond motifs is 1. The number of amides is 2. The van der Waals surface area contributed by atoms with Gasteiger partial charge in [0.1, 0.15) is 5.92 Å². The molecule has 0 unspecified atom stereocenters. The van der Waals surface area contributed by atoms with Crippen molar-refractivity contribution in [3.63, 3.8) is 0 Å². The van der Waals surface area contributed by atoms with Gasteiger partial charge < -0.3 is 10.6 Å². The summed E-state index contributed by atoms with van der Waals surface area (Å²) in [6.07, 6.45) is 4.22. The molecular weight excluding hydrogens is 292 g/mol. The van der Waals surface area contributed by atoms with Crippen molar-refractivity contribution in [1.29, 1.82) is 0 Å². The Balaban J connectivity index is 1.97. The lowest BCUT2D eigenvalue weighted by Gasteiger charge is -2.15. The molecule has 124 valence electrons. The largest absolute Gasteiger partial charge is 0.349 e. The molecule has 23 heavy (non-hydrogen) atoms. The van der Waals surface area contributed by atoms with Crippen LogP contribution in [0.15, 0.2) is 24.3 Å². The second kappa shape index (κ2) is 7.90. The minimum atomic E-state index is -1.03. The van der Waals surface area contributed by atoms with Crippen molar-refractivity contribution in [2.24, 2.45) is 5.92 Å². The van der Waals surface area contributed by atoms with Crippen molar-refractivity contribution >= 4 is 23.3 Å². The highest BCUT2D eigenvalue weighted by Gasteiger charge is 2.39. The standard InChI is InChI=1S/C18H24N2O3/c1-3-5-8-12(4-2)11-19-18(23)16(21)15-13-9-6-7-10-14(13)20-17(15)22/h6-7,9-10,12,15H,3-5,8,11H2,1-2H3,(H,19,23)(H,20,22)/t12-,15-/m1/s1. The Morgan fingerprint density at radius 2 is 2.00 bits per heavy atom. The molecule has 2 amide bonds. The van der Waals surface area contributed by atoms with E-state index < -0.39 is 23.5 Å². The Kier molecular flexibility index (Phi) is 5.90. The first-order chi connectivity index (χ1) is 11.1. The molecule has 1 aromatic carbocycles. The molecule has 1 aliphatic heterocycles. The number of ketones is 1. The molecular formula is C18H24N2O3. The Labute approximate surface area is 136 Å². The smallest absolute Gasteiger partial charge is 0.288 e. The van der Waals surface area contributed by atoms with Crippen LogP contribution in [0.4, 0.5) is 5.69 Å². The van der Waals surface area contributed by atoms with Crippen LogP contribution in [0.5, 0.6) is 0 Å². The van der Waals surface area contributed by atoms with E-state index in [2.05, 4.69) is 24.5 Å². The molecule has 0 aromatic heterocycles. The molecule has 2 atom stereocenters. The molecule has 0 spiro atoms. The molecule has 0 radical (unpaired) electrons. The van der Waals surface area contributed by atoms with Crippen LogP contribution < -0.4 is 10.6 Å². The minimum Gasteiger partial charge on any atom is -0.349 e. The molecule has 5 nitrogen and oxygen atoms in total. The number of unbranched alkanes of at least 4 members (excludes halogenated alkanes) is 1. The highest BCUT2D eigenvalue weighted by Crippen LogP contribution is 2.32. The van der Waals surface area contributed by atoms with Crippen molar-refractivity contribution in [2.45, 2.75) is 45.4 Å². The van der Waals surface area contributed by atoms with Gasteiger partial charge in [-0.3, -0.25) is 14.4 Å². The summed E-state index contributed by atoms with van der Waals surface area (Å²) in [5.74, 6) is -2.43. The first-order valence-electron chi connectivity index (χ1n) is 8.30. The SMILES string of the molecule is CCCC[C@@H](CC)CNC(=O)C(=O)[C@@H]1C(=O)Nc2ccccc21. The first-order valence-corrected chi connectivity index (χ1v) is 8.30. The number of carbonyl (C=O) groups is 3. The normalized spacial score (nSPS) is 17.3. The molecule has 0 saturated carbocycles. The van der Waals surface area contributed by atoms with Gasteiger partial charge >= 0.3 is 0 Å². The number of anilines is 1. The van der Waals surface area contributed by atoms with Crippen molar-refractivity contribution in [2.75, 3.05) is 11.9 Å². The molecule has 1 aromatic rings. The van der Waals surface area contributed by atoms with Gasteiger partial charge in [0.05, 0.1) is 0 Å². The van der Waals surface area contributed by atoms with Crippen molar-refractivity contribution in [3.8, 4) is 0 Å². The minimum absolute atomic E-state index is 0.372. The Hall–Kier alpha value is -2.17. The van der Waals surface area contributed by atoms with Crippen LogP contribution >= 0.6 is 0 Å². The van der Waals surface area contributed by atoms with Gasteiger partial charge in [-0.25, -0.2) is 0 Å². The Bertz CT molecular complexity index is 598. The quantitative estimate of drug-likeness (QED) is 0.572. The van der Waals surface area contributed by atoms with Crippen LogP contribution in [0.1, 0.15) is 51.0 Å². The molecule has 1 aliphatic rings. The van der Waals surface area contributed by atoms with E-state index in [0.29, 0.717) is 23.7 Å². The molecule has 0 saturated heterocycles. The zero-order valence-corrected chi connectivity index (χ0v) is 13.7. The number of para-hydroxylation sites is 1. The first kappa shape index (κ1) is 17.2. The van der Waals surface area contributed by atoms with Gasteiger partial charge in [0.15, 0.2) is 0 Å². The highest BCUT2D eigenvalue weighted by molar-refractivity contribution is 6.44. The Morgan fingerprint density at radius 1 is 1.26 bits per heavy atom. The fourth-order valence-corrected chi connectivity index (χ4v) is 2.87. The van der Waals surface area contributed by atoms with Crippen LogP contribution in [-0.4, -0.2) is 24.1 Å². The molecule has 2 rings (SSSR count). The lowest BCUT2D eigenvalue weighted by molar-refractivity contribution is -0.140. The maximum Gasteiger partial charge on any atom is 0.288 e. The van der Waals surface area contributed by atoms with E-state index in [1.54, 1.807) is 24.3 Å². The van der Waals surface area contributed by atoms with Gasteiger partial charge in [0.25, 0.3) is 5.91 Å². The molecule has 1 heterocycles. The van der Waals surface area contributed by atoms with E-state index in [1.165, 1.54) is 0 Å². The molecule has 2 N–H and O–H groups in total. The van der Waals surface area contributed by atoms with E-state index in [4.69, 9.17) is 0 Å². The van der Waals surface area contributed by atoms with Crippen LogP contribution in [-0.2, 0) is 14.4 Å². The number of rotatable bonds is 8. The van der Waals surface area contributed by atoms with Crippen molar-refractivity contribution in [1.82, 2.24) is 5.32 Å². The lowest BCUT2D eigenvalue weighted by atomic mass is 9.95. The van der Waals surface area contributed by atoms with Gasteiger partial charge in [-0.15, -0.1) is 0 Å². The number of Topliss-reactive ketones (excluding diaryl/α,β-unsaturated/α-hetero) is 1. The summed E-state index contributed by atoms with van der Waals surface area (Å²) < 4.78 is 0. The van der Waals surface area contributed by atoms with E-state index in [9.17, 15) is 14.4 Å². The summed E-state index contributed by atoms with van der Waals surface area (Å²) in [5.41, 5.74) is 1.19. The number of nitrogens with one attached hydrogen (secondary N) is 2. The van der Waals surface area contributed by atoms with Crippen LogP contribution in [0, 0.1) is 5.92 Å². The highest BCUT2D eigenvalue weighted by atomic mass is 16.2. The second-order valence-corrected chi connectivity index (χ2v) is 6.00. The summed E-state index contributed by atoms with van der Waals surface area (Å²) in [6, 6.07) is 6.98. The molecule has 0 bridgehead atoms. The van der Waals surface area contributed by atoms with Gasteiger partial charge in [0, 0.05) is 12.2 Å². The van der Waals surface area contributed by atoms with Gasteiger partial charge in [0.2, 0.25) is 11.7 Å². The lowest BCUT2D eigenvalue weighted by Crippen LogP contribution is -2.39. The molecule has 5 heteroatoms. The maximum atomic E-state index is 12.4. The predicted molar refractivity (Wildman–Crippen MR) is 89.1 cm³/mol. The topological polar surface area (TPSA) is 75.3 Å². The summed E-state index contributed by atoms with van der Waals surface area (Å²) in [6.45, 7) is 4.69. The zero-order valence-electron chi connectivity index (χ0n) is 13.7. The van der Waals surface area contributed by atoms with Crippen LogP contribution in [0.3, 0.4) is 0 Å². The summed E-state index contributed by atoms with van der Waals surface area (Å²) in [5, 5.41) is 5.35. The average molecular weight is 316 g/mol. The van der Waals surface area contributed by atoms with E-state index >= 15 is 0 Å². The predicted octanol–water partition coefficient (Wildman–Crippen LogP) is 2.62. The van der Waals surface area contributed by atoms with Gasteiger partial charge in [-0.2, -0.15) is 0 Å². The monoisotopic (exact) mass is 316 g/mol. The number of hydrogen-bond donors (Lipinski definition) is 2. The summed E-state index contributed by atoms with van der Waals surface area (Å²) >= 11 is 0. The average Bonchev–Trinajstić information content (AvgIpc) is 2.89. The number of benzene rings is 1. The van der Waals surface area contributed by atoms with Crippen molar-refractivity contribution in [3.05, 3.63) is 29.8 Å². The third-order valence-corrected chi connectivity index (χ3v) is 4.37. The zero-order chi connectivity index (χ0) is 16.8. The van der Waals surface area contributed by atoms with E-state index in [1.807, 2.05) is 0 Å². The van der Waals surface area contributed by atoms with E-state index in [0.717, 1.165) is 25.7 Å². The summed E-state index contributed by atoms with van der Waals surface area (Å²) in [4.78, 5) is 36.5. The Morgan fingerprint density at radius 3 is 2.70 bits per heavy atom. The third-order valence-electron chi connectivity index (χ3n) is 4.37. The van der Waals surface area contributed by atoms with Gasteiger partial charge in [-0.05, 0) is 24.0 Å². The van der Waals surface area contributed by atoms with Crippen LogP contribution in [0.25, 0.3) is 0 Å². The van der Waals surface area contributed by atoms with E-state index in [-0.39, 0.29) is 0 Å².